The molecule has 7 heteroatoms. The number of amides is 1. The van der Waals surface area contributed by atoms with Crippen LogP contribution in [0.15, 0.2) is 71.2 Å². The first-order chi connectivity index (χ1) is 14.4. The number of ether oxygens (including phenoxy) is 1. The van der Waals surface area contributed by atoms with Crippen LogP contribution in [0.25, 0.3) is 11.1 Å². The molecule has 3 aromatic rings. The first-order valence-electron chi connectivity index (χ1n) is 9.24. The van der Waals surface area contributed by atoms with Crippen LogP contribution in [0.4, 0.5) is 9.18 Å². The average Bonchev–Trinajstić information content (AvgIpc) is 3.03. The number of fused-ring (bicyclic) bond motifs is 3. The van der Waals surface area contributed by atoms with E-state index in [1.807, 2.05) is 48.5 Å². The van der Waals surface area contributed by atoms with Crippen molar-refractivity contribution in [2.24, 2.45) is 0 Å². The molecule has 2 N–H and O–H groups in total. The number of nitrogens with one attached hydrogen (secondary N) is 1. The largest absolute Gasteiger partial charge is 0.479 e. The van der Waals surface area contributed by atoms with Crippen molar-refractivity contribution in [3.8, 4) is 11.1 Å². The Labute approximate surface area is 180 Å². The fourth-order valence-corrected chi connectivity index (χ4v) is 4.27. The highest BCUT2D eigenvalue weighted by molar-refractivity contribution is 9.10. The number of hydrogen-bond acceptors (Lipinski definition) is 3. The Balaban J connectivity index is 1.50. The van der Waals surface area contributed by atoms with Gasteiger partial charge in [0.15, 0.2) is 6.04 Å². The molecule has 1 aliphatic rings. The molecule has 152 valence electrons. The van der Waals surface area contributed by atoms with Gasteiger partial charge in [-0.1, -0.05) is 64.5 Å². The smallest absolute Gasteiger partial charge is 0.408 e. The van der Waals surface area contributed by atoms with Crippen LogP contribution in [0.2, 0.25) is 0 Å². The maximum atomic E-state index is 13.7. The van der Waals surface area contributed by atoms with Gasteiger partial charge in [0.1, 0.15) is 12.4 Å². The predicted octanol–water partition coefficient (Wildman–Crippen LogP) is 5.25. The minimum atomic E-state index is -1.44. The quantitative estimate of drug-likeness (QED) is 0.534. The van der Waals surface area contributed by atoms with E-state index in [-0.39, 0.29) is 18.1 Å². The minimum Gasteiger partial charge on any atom is -0.479 e. The Hall–Kier alpha value is -3.19. The van der Waals surface area contributed by atoms with Crippen LogP contribution in [0, 0.1) is 5.82 Å². The lowest BCUT2D eigenvalue weighted by Gasteiger charge is -2.18. The van der Waals surface area contributed by atoms with Crippen molar-refractivity contribution < 1.29 is 23.8 Å². The van der Waals surface area contributed by atoms with Gasteiger partial charge in [-0.15, -0.1) is 0 Å². The zero-order chi connectivity index (χ0) is 21.3. The van der Waals surface area contributed by atoms with Crippen molar-refractivity contribution in [2.75, 3.05) is 6.61 Å². The van der Waals surface area contributed by atoms with Crippen molar-refractivity contribution in [3.05, 3.63) is 93.7 Å². The van der Waals surface area contributed by atoms with Gasteiger partial charge in [-0.25, -0.2) is 14.0 Å². The number of alkyl carbamates (subject to hydrolysis) is 1. The van der Waals surface area contributed by atoms with Gasteiger partial charge < -0.3 is 15.2 Å². The van der Waals surface area contributed by atoms with Crippen molar-refractivity contribution >= 4 is 28.0 Å². The lowest BCUT2D eigenvalue weighted by Crippen LogP contribution is -2.35. The summed E-state index contributed by atoms with van der Waals surface area (Å²) < 4.78 is 19.4. The molecule has 0 heterocycles. The van der Waals surface area contributed by atoms with Crippen LogP contribution in [0.3, 0.4) is 0 Å². The molecule has 0 aliphatic heterocycles. The van der Waals surface area contributed by atoms with E-state index in [0.29, 0.717) is 4.47 Å². The number of carbonyl (C=O) groups is 2. The molecular formula is C23H17BrFNO4. The van der Waals surface area contributed by atoms with E-state index in [4.69, 9.17) is 4.74 Å². The fraction of sp³-hybridized carbons (Fsp3) is 0.130. The second-order valence-corrected chi connectivity index (χ2v) is 7.86. The molecule has 5 nitrogen and oxygen atoms in total. The molecule has 0 aromatic heterocycles. The fourth-order valence-electron chi connectivity index (χ4n) is 3.79. The van der Waals surface area contributed by atoms with E-state index < -0.39 is 23.9 Å². The first kappa shape index (κ1) is 20.1. The molecule has 1 atom stereocenters. The SMILES string of the molecule is O=C(NC(C(=O)O)c1cc(F)cc(Br)c1)OCC1c2ccccc2-c2ccccc21. The zero-order valence-electron chi connectivity index (χ0n) is 15.6. The summed E-state index contributed by atoms with van der Waals surface area (Å²) in [5.74, 6) is -2.07. The van der Waals surface area contributed by atoms with Crippen LogP contribution in [-0.4, -0.2) is 23.8 Å². The molecule has 0 radical (unpaired) electrons. The van der Waals surface area contributed by atoms with Crippen LogP contribution in [-0.2, 0) is 9.53 Å². The van der Waals surface area contributed by atoms with E-state index in [1.54, 1.807) is 0 Å². The third kappa shape index (κ3) is 3.93. The summed E-state index contributed by atoms with van der Waals surface area (Å²) in [5, 5.41) is 11.8. The Kier molecular flexibility index (Phi) is 5.55. The Bertz CT molecular complexity index is 1070. The van der Waals surface area contributed by atoms with Gasteiger partial charge in [0.05, 0.1) is 0 Å². The summed E-state index contributed by atoms with van der Waals surface area (Å²) >= 11 is 3.13. The van der Waals surface area contributed by atoms with Crippen molar-refractivity contribution in [3.63, 3.8) is 0 Å². The van der Waals surface area contributed by atoms with Gasteiger partial charge in [0, 0.05) is 10.4 Å². The summed E-state index contributed by atoms with van der Waals surface area (Å²) in [6.07, 6.45) is -0.885. The number of halogens is 2. The minimum absolute atomic E-state index is 0.0546. The average molecular weight is 470 g/mol. The topological polar surface area (TPSA) is 75.6 Å². The normalized spacial score (nSPS) is 13.3. The van der Waals surface area contributed by atoms with Crippen LogP contribution >= 0.6 is 15.9 Å². The Morgan fingerprint density at radius 2 is 1.63 bits per heavy atom. The molecule has 1 unspecified atom stereocenters. The number of carboxylic acid groups (broad SMARTS) is 1. The lowest BCUT2D eigenvalue weighted by molar-refractivity contribution is -0.139. The van der Waals surface area contributed by atoms with Gasteiger partial charge in [-0.3, -0.25) is 0 Å². The zero-order valence-corrected chi connectivity index (χ0v) is 17.2. The number of aliphatic carboxylic acids is 1. The standard InChI is InChI=1S/C23H17BrFNO4/c24-14-9-13(10-15(25)11-14)21(22(27)28)26-23(29)30-12-20-18-7-3-1-5-16(18)17-6-2-4-8-19(17)20/h1-11,20-21H,12H2,(H,26,29)(H,27,28). The molecule has 0 fully saturated rings. The van der Waals surface area contributed by atoms with Crippen molar-refractivity contribution in [1.29, 1.82) is 0 Å². The molecule has 30 heavy (non-hydrogen) atoms. The molecule has 3 aromatic carbocycles. The number of benzene rings is 3. The van der Waals surface area contributed by atoms with Gasteiger partial charge in [-0.05, 0) is 46.0 Å². The first-order valence-corrected chi connectivity index (χ1v) is 10.0. The van der Waals surface area contributed by atoms with Crippen molar-refractivity contribution in [1.82, 2.24) is 5.32 Å². The van der Waals surface area contributed by atoms with Crippen LogP contribution < -0.4 is 5.32 Å². The molecule has 1 aliphatic carbocycles. The summed E-state index contributed by atoms with van der Waals surface area (Å²) in [6, 6.07) is 18.1. The highest BCUT2D eigenvalue weighted by atomic mass is 79.9. The Morgan fingerprint density at radius 1 is 1.03 bits per heavy atom. The molecule has 4 rings (SSSR count). The summed E-state index contributed by atoms with van der Waals surface area (Å²) in [7, 11) is 0. The van der Waals surface area contributed by atoms with Crippen LogP contribution in [0.5, 0.6) is 0 Å². The molecule has 0 saturated carbocycles. The molecule has 1 amide bonds. The maximum Gasteiger partial charge on any atom is 0.408 e. The monoisotopic (exact) mass is 469 g/mol. The number of hydrogen-bond donors (Lipinski definition) is 2. The predicted molar refractivity (Wildman–Crippen MR) is 113 cm³/mol. The summed E-state index contributed by atoms with van der Waals surface area (Å²) in [6.45, 7) is 0.0546. The summed E-state index contributed by atoms with van der Waals surface area (Å²) in [4.78, 5) is 24.0. The second kappa shape index (κ2) is 8.28. The third-order valence-corrected chi connectivity index (χ3v) is 5.53. The number of carbonyl (C=O) groups excluding carboxylic acids is 1. The van der Waals surface area contributed by atoms with E-state index in [2.05, 4.69) is 21.2 Å². The van der Waals surface area contributed by atoms with E-state index >= 15 is 0 Å². The number of carboxylic acids is 1. The van der Waals surface area contributed by atoms with E-state index in [0.717, 1.165) is 28.3 Å². The maximum absolute atomic E-state index is 13.7. The van der Waals surface area contributed by atoms with Gasteiger partial charge >= 0.3 is 12.1 Å². The second-order valence-electron chi connectivity index (χ2n) is 6.94. The molecule has 0 spiro atoms. The lowest BCUT2D eigenvalue weighted by atomic mass is 9.98. The molecule has 0 saturated heterocycles. The van der Waals surface area contributed by atoms with Crippen molar-refractivity contribution in [2.45, 2.75) is 12.0 Å². The third-order valence-electron chi connectivity index (χ3n) is 5.07. The van der Waals surface area contributed by atoms with E-state index in [9.17, 15) is 19.1 Å². The number of rotatable bonds is 5. The van der Waals surface area contributed by atoms with Crippen LogP contribution in [0.1, 0.15) is 28.7 Å². The highest BCUT2D eigenvalue weighted by Gasteiger charge is 2.30. The van der Waals surface area contributed by atoms with Gasteiger partial charge in [0.2, 0.25) is 0 Å². The highest BCUT2D eigenvalue weighted by Crippen LogP contribution is 2.44. The molecular weight excluding hydrogens is 453 g/mol. The summed E-state index contributed by atoms with van der Waals surface area (Å²) in [5.41, 5.74) is 4.39. The van der Waals surface area contributed by atoms with Gasteiger partial charge in [0.25, 0.3) is 0 Å². The van der Waals surface area contributed by atoms with E-state index in [1.165, 1.54) is 12.1 Å². The molecule has 0 bridgehead atoms. The Morgan fingerprint density at radius 3 is 2.20 bits per heavy atom. The van der Waals surface area contributed by atoms with Gasteiger partial charge in [-0.2, -0.15) is 0 Å².